The van der Waals surface area contributed by atoms with E-state index in [1.165, 1.54) is 0 Å². The number of nitrogens with one attached hydrogen (secondary N) is 2. The predicted molar refractivity (Wildman–Crippen MR) is 82.1 cm³/mol. The molecular formula is C15H15N3O2S. The number of allylic oxidation sites excluding steroid dienone is 1. The number of benzene rings is 1. The lowest BCUT2D eigenvalue weighted by Crippen LogP contribution is -2.45. The molecule has 1 aromatic carbocycles. The number of carbonyl (C=O) groups is 1. The van der Waals surface area contributed by atoms with Gasteiger partial charge < -0.3 is 15.4 Å². The van der Waals surface area contributed by atoms with E-state index in [1.807, 2.05) is 0 Å². The van der Waals surface area contributed by atoms with Crippen LogP contribution in [0.15, 0.2) is 35.5 Å². The Morgan fingerprint density at radius 1 is 1.43 bits per heavy atom. The Morgan fingerprint density at radius 2 is 2.10 bits per heavy atom. The Balaban J connectivity index is 2.42. The highest BCUT2D eigenvalue weighted by Gasteiger charge is 2.30. The zero-order valence-electron chi connectivity index (χ0n) is 11.8. The Bertz CT molecular complexity index is 644. The van der Waals surface area contributed by atoms with E-state index in [2.05, 4.69) is 16.7 Å². The number of thiocarbonyl (C=S) groups is 1. The second-order valence-electron chi connectivity index (χ2n) is 4.52. The van der Waals surface area contributed by atoms with Crippen molar-refractivity contribution < 1.29 is 9.53 Å². The van der Waals surface area contributed by atoms with Crippen LogP contribution in [0.4, 0.5) is 0 Å². The molecule has 1 aliphatic heterocycles. The number of esters is 1. The summed E-state index contributed by atoms with van der Waals surface area (Å²) >= 11 is 5.15. The minimum Gasteiger partial charge on any atom is -0.463 e. The number of rotatable bonds is 3. The highest BCUT2D eigenvalue weighted by Crippen LogP contribution is 2.27. The molecule has 0 aromatic heterocycles. The van der Waals surface area contributed by atoms with Gasteiger partial charge in [-0.05, 0) is 43.8 Å². The number of carbonyl (C=O) groups excluding carboxylic acids is 1. The van der Waals surface area contributed by atoms with E-state index < -0.39 is 0 Å². The molecule has 1 aliphatic rings. The first-order valence-corrected chi connectivity index (χ1v) is 6.93. The van der Waals surface area contributed by atoms with Gasteiger partial charge in [-0.15, -0.1) is 0 Å². The van der Waals surface area contributed by atoms with Crippen LogP contribution in [0.3, 0.4) is 0 Å². The van der Waals surface area contributed by atoms with Gasteiger partial charge in [-0.1, -0.05) is 12.1 Å². The van der Waals surface area contributed by atoms with Gasteiger partial charge in [0.15, 0.2) is 5.11 Å². The fourth-order valence-electron chi connectivity index (χ4n) is 2.17. The molecule has 0 radical (unpaired) electrons. The van der Waals surface area contributed by atoms with Gasteiger partial charge in [0, 0.05) is 5.70 Å². The third-order valence-electron chi connectivity index (χ3n) is 3.14. The highest BCUT2D eigenvalue weighted by atomic mass is 32.1. The summed E-state index contributed by atoms with van der Waals surface area (Å²) in [4.78, 5) is 12.2. The SMILES string of the molecule is CCOC(=O)C1=C(C)NC(=S)N[C@H]1c1ccc(C#N)cc1. The van der Waals surface area contributed by atoms with Crippen molar-refractivity contribution in [2.75, 3.05) is 6.61 Å². The molecule has 0 saturated heterocycles. The summed E-state index contributed by atoms with van der Waals surface area (Å²) in [6, 6.07) is 8.70. The van der Waals surface area contributed by atoms with E-state index in [-0.39, 0.29) is 12.0 Å². The van der Waals surface area contributed by atoms with Crippen LogP contribution < -0.4 is 10.6 Å². The minimum absolute atomic E-state index is 0.306. The molecule has 1 aromatic rings. The van der Waals surface area contributed by atoms with Crippen LogP contribution >= 0.6 is 12.2 Å². The third kappa shape index (κ3) is 3.20. The Labute approximate surface area is 128 Å². The standard InChI is InChI=1S/C15H15N3O2S/c1-3-20-14(19)12-9(2)17-15(21)18-13(12)11-6-4-10(8-16)5-7-11/h4-7,13H,3H2,1-2H3,(H2,17,18,21)/t13-/m0/s1. The lowest BCUT2D eigenvalue weighted by molar-refractivity contribution is -0.139. The van der Waals surface area contributed by atoms with Crippen LogP contribution in [-0.4, -0.2) is 17.7 Å². The van der Waals surface area contributed by atoms with Gasteiger partial charge in [-0.3, -0.25) is 0 Å². The molecule has 1 atom stereocenters. The molecule has 1 heterocycles. The molecule has 21 heavy (non-hydrogen) atoms. The summed E-state index contributed by atoms with van der Waals surface area (Å²) in [5.74, 6) is -0.383. The third-order valence-corrected chi connectivity index (χ3v) is 3.36. The molecule has 108 valence electrons. The predicted octanol–water partition coefficient (Wildman–Crippen LogP) is 1.91. The van der Waals surface area contributed by atoms with Crippen molar-refractivity contribution >= 4 is 23.3 Å². The molecule has 2 rings (SSSR count). The van der Waals surface area contributed by atoms with Gasteiger partial charge in [0.25, 0.3) is 0 Å². The topological polar surface area (TPSA) is 74.2 Å². The molecule has 0 saturated carbocycles. The normalized spacial score (nSPS) is 17.6. The van der Waals surface area contributed by atoms with Crippen LogP contribution in [0.2, 0.25) is 0 Å². The molecule has 0 spiro atoms. The van der Waals surface area contributed by atoms with Crippen molar-refractivity contribution in [1.82, 2.24) is 10.6 Å². The second kappa shape index (κ2) is 6.37. The summed E-state index contributed by atoms with van der Waals surface area (Å²) in [6.45, 7) is 3.86. The van der Waals surface area contributed by atoms with Gasteiger partial charge >= 0.3 is 5.97 Å². The Hall–Kier alpha value is -2.39. The average Bonchev–Trinajstić information content (AvgIpc) is 2.46. The van der Waals surface area contributed by atoms with Gasteiger partial charge in [0.2, 0.25) is 0 Å². The number of nitrogens with zero attached hydrogens (tertiary/aromatic N) is 1. The number of hydrogen-bond acceptors (Lipinski definition) is 4. The second-order valence-corrected chi connectivity index (χ2v) is 4.93. The monoisotopic (exact) mass is 301 g/mol. The molecule has 5 nitrogen and oxygen atoms in total. The maximum Gasteiger partial charge on any atom is 0.338 e. The molecule has 0 fully saturated rings. The Kier molecular flexibility index (Phi) is 4.55. The summed E-state index contributed by atoms with van der Waals surface area (Å²) in [6.07, 6.45) is 0. The summed E-state index contributed by atoms with van der Waals surface area (Å²) in [7, 11) is 0. The van der Waals surface area contributed by atoms with E-state index >= 15 is 0 Å². The number of nitriles is 1. The minimum atomic E-state index is -0.384. The van der Waals surface area contributed by atoms with Crippen LogP contribution in [0.1, 0.15) is 31.0 Å². The van der Waals surface area contributed by atoms with Crippen LogP contribution in [0, 0.1) is 11.3 Å². The van der Waals surface area contributed by atoms with Crippen LogP contribution in [0.25, 0.3) is 0 Å². The number of ether oxygens (including phenoxy) is 1. The van der Waals surface area contributed by atoms with Crippen molar-refractivity contribution in [1.29, 1.82) is 5.26 Å². The lowest BCUT2D eigenvalue weighted by Gasteiger charge is -2.29. The molecule has 2 N–H and O–H groups in total. The van der Waals surface area contributed by atoms with Gasteiger partial charge in [0.05, 0.1) is 29.9 Å². The van der Waals surface area contributed by atoms with Crippen molar-refractivity contribution in [2.45, 2.75) is 19.9 Å². The van der Waals surface area contributed by atoms with E-state index in [0.29, 0.717) is 28.6 Å². The maximum atomic E-state index is 12.2. The molecule has 6 heteroatoms. The first-order valence-electron chi connectivity index (χ1n) is 6.52. The molecule has 0 bridgehead atoms. The number of hydrogen-bond donors (Lipinski definition) is 2. The lowest BCUT2D eigenvalue weighted by atomic mass is 9.95. The molecule has 0 aliphatic carbocycles. The van der Waals surface area contributed by atoms with Crippen molar-refractivity contribution in [3.05, 3.63) is 46.7 Å². The fourth-order valence-corrected chi connectivity index (χ4v) is 2.44. The largest absolute Gasteiger partial charge is 0.463 e. The molecule has 0 amide bonds. The first-order chi connectivity index (χ1) is 10.1. The van der Waals surface area contributed by atoms with E-state index in [0.717, 1.165) is 5.56 Å². The van der Waals surface area contributed by atoms with Crippen molar-refractivity contribution in [2.24, 2.45) is 0 Å². The van der Waals surface area contributed by atoms with Crippen molar-refractivity contribution in [3.8, 4) is 6.07 Å². The van der Waals surface area contributed by atoms with Gasteiger partial charge in [0.1, 0.15) is 0 Å². The smallest absolute Gasteiger partial charge is 0.338 e. The maximum absolute atomic E-state index is 12.2. The van der Waals surface area contributed by atoms with Crippen molar-refractivity contribution in [3.63, 3.8) is 0 Å². The zero-order chi connectivity index (χ0) is 15.4. The quantitative estimate of drug-likeness (QED) is 0.656. The first kappa shape index (κ1) is 15.0. The molecule has 0 unspecified atom stereocenters. The van der Waals surface area contributed by atoms with E-state index in [9.17, 15) is 4.79 Å². The average molecular weight is 301 g/mol. The molecular weight excluding hydrogens is 286 g/mol. The van der Waals surface area contributed by atoms with E-state index in [4.69, 9.17) is 22.2 Å². The summed E-state index contributed by atoms with van der Waals surface area (Å²) in [5.41, 5.74) is 2.58. The van der Waals surface area contributed by atoms with E-state index in [1.54, 1.807) is 38.1 Å². The fraction of sp³-hybridized carbons (Fsp3) is 0.267. The van der Waals surface area contributed by atoms with Gasteiger partial charge in [-0.2, -0.15) is 5.26 Å². The summed E-state index contributed by atoms with van der Waals surface area (Å²) in [5, 5.41) is 15.3. The highest BCUT2D eigenvalue weighted by molar-refractivity contribution is 7.80. The van der Waals surface area contributed by atoms with Crippen LogP contribution in [0.5, 0.6) is 0 Å². The van der Waals surface area contributed by atoms with Crippen LogP contribution in [-0.2, 0) is 9.53 Å². The zero-order valence-corrected chi connectivity index (χ0v) is 12.6. The summed E-state index contributed by atoms with van der Waals surface area (Å²) < 4.78 is 5.11. The Morgan fingerprint density at radius 3 is 2.67 bits per heavy atom. The van der Waals surface area contributed by atoms with Gasteiger partial charge in [-0.25, -0.2) is 4.79 Å².